The van der Waals surface area contributed by atoms with E-state index in [-0.39, 0.29) is 36.4 Å². The lowest BCUT2D eigenvalue weighted by Crippen LogP contribution is -2.75. The van der Waals surface area contributed by atoms with Gasteiger partial charge < -0.3 is 10.2 Å². The number of phenolic OH excluding ortho intramolecular Hbond substituents is 2. The van der Waals surface area contributed by atoms with Gasteiger partial charge in [-0.25, -0.2) is 0 Å². The third kappa shape index (κ3) is 5.97. The maximum absolute atomic E-state index is 14.0. The Balaban J connectivity index is 2.39. The van der Waals surface area contributed by atoms with Crippen molar-refractivity contribution < 1.29 is 62.9 Å². The van der Waals surface area contributed by atoms with E-state index in [0.717, 1.165) is 48.5 Å². The maximum atomic E-state index is 14.0. The Morgan fingerprint density at radius 3 is 0.884 bits per heavy atom. The molecule has 2 N–H and O–H groups in total. The molecule has 0 spiro atoms. The zero-order valence-electron chi connectivity index (χ0n) is 21.1. The quantitative estimate of drug-likeness (QED) is 0.200. The highest BCUT2D eigenvalue weighted by Gasteiger charge is 2.44. The highest BCUT2D eigenvalue weighted by Crippen LogP contribution is 2.38. The lowest BCUT2D eigenvalue weighted by molar-refractivity contribution is -0.144. The van der Waals surface area contributed by atoms with E-state index < -0.39 is 86.5 Å². The molecule has 228 valence electrons. The molecule has 0 aliphatic carbocycles. The molecule has 2 nitrogen and oxygen atoms in total. The molecule has 0 aliphatic rings. The van der Waals surface area contributed by atoms with Crippen LogP contribution in [0.2, 0.25) is 0 Å². The minimum absolute atomic E-state index is 0.141. The number of alkyl halides is 12. The Morgan fingerprint density at radius 1 is 0.395 bits per heavy atom. The first kappa shape index (κ1) is 31.6. The van der Waals surface area contributed by atoms with Crippen molar-refractivity contribution in [2.24, 2.45) is 0 Å². The Morgan fingerprint density at radius 2 is 0.651 bits per heavy atom. The molecule has 4 aromatic rings. The van der Waals surface area contributed by atoms with Gasteiger partial charge in [0.25, 0.3) is 0 Å². The molecule has 4 rings (SSSR count). The van der Waals surface area contributed by atoms with Gasteiger partial charge in [-0.05, 0) is 24.3 Å². The van der Waals surface area contributed by atoms with Gasteiger partial charge in [-0.3, -0.25) is 0 Å². The van der Waals surface area contributed by atoms with E-state index in [0.29, 0.717) is 0 Å². The van der Waals surface area contributed by atoms with Gasteiger partial charge >= 0.3 is 24.7 Å². The van der Waals surface area contributed by atoms with E-state index in [1.165, 1.54) is 0 Å². The number of para-hydroxylation sites is 2. The van der Waals surface area contributed by atoms with Gasteiger partial charge in [0.1, 0.15) is 6.15 Å². The second kappa shape index (κ2) is 10.5. The molecule has 0 aliphatic heterocycles. The van der Waals surface area contributed by atoms with Crippen LogP contribution >= 0.6 is 0 Å². The Hall–Kier alpha value is -4.30. The summed E-state index contributed by atoms with van der Waals surface area (Å²) >= 11 is 0. The average molecular weight is 623 g/mol. The molecule has 0 atom stereocenters. The zero-order valence-corrected chi connectivity index (χ0v) is 21.1. The molecule has 0 heterocycles. The first-order chi connectivity index (χ1) is 19.7. The standard InChI is InChI=1S/C28H16BF12O2/c30-25(31,32)15-9-16(26(33,34)35)12-19(11-15)29(21-5-1-3-7-23(21)42,22-6-2-4-8-24(22)43)20-13-17(27(36,37)38)10-18(14-20)28(39,40)41/h1-14,42-43H/q-1. The van der Waals surface area contributed by atoms with Crippen LogP contribution in [-0.2, 0) is 24.7 Å². The summed E-state index contributed by atoms with van der Waals surface area (Å²) in [4.78, 5) is 0. The Bertz CT molecular complexity index is 1470. The number of benzene rings is 4. The first-order valence-electron chi connectivity index (χ1n) is 12.0. The molecule has 0 fully saturated rings. The molecule has 0 radical (unpaired) electrons. The third-order valence-corrected chi connectivity index (χ3v) is 7.03. The summed E-state index contributed by atoms with van der Waals surface area (Å²) in [7, 11) is 0. The van der Waals surface area contributed by atoms with Gasteiger partial charge in [0.2, 0.25) is 0 Å². The van der Waals surface area contributed by atoms with Crippen molar-refractivity contribution in [1.82, 2.24) is 0 Å². The van der Waals surface area contributed by atoms with Crippen LogP contribution in [0.25, 0.3) is 0 Å². The molecular weight excluding hydrogens is 607 g/mol. The van der Waals surface area contributed by atoms with Crippen LogP contribution in [0.4, 0.5) is 52.7 Å². The number of phenols is 2. The van der Waals surface area contributed by atoms with Crippen LogP contribution in [0.1, 0.15) is 22.3 Å². The van der Waals surface area contributed by atoms with E-state index in [1.54, 1.807) is 0 Å². The fraction of sp³-hybridized carbons (Fsp3) is 0.143. The molecule has 0 unspecified atom stereocenters. The van der Waals surface area contributed by atoms with Crippen LogP contribution in [-0.4, -0.2) is 16.4 Å². The van der Waals surface area contributed by atoms with Crippen molar-refractivity contribution in [3.8, 4) is 11.5 Å². The summed E-state index contributed by atoms with van der Waals surface area (Å²) in [5.74, 6) is -1.80. The second-order valence-corrected chi connectivity index (χ2v) is 9.66. The van der Waals surface area contributed by atoms with Gasteiger partial charge in [0, 0.05) is 0 Å². The van der Waals surface area contributed by atoms with E-state index >= 15 is 0 Å². The summed E-state index contributed by atoms with van der Waals surface area (Å²) in [6.45, 7) is 0. The topological polar surface area (TPSA) is 40.5 Å². The minimum atomic E-state index is -5.47. The van der Waals surface area contributed by atoms with Crippen molar-refractivity contribution in [1.29, 1.82) is 0 Å². The smallest absolute Gasteiger partial charge is 0.416 e. The predicted octanol–water partition coefficient (Wildman–Crippen LogP) is 6.55. The number of hydrogen-bond acceptors (Lipinski definition) is 2. The van der Waals surface area contributed by atoms with Gasteiger partial charge in [-0.1, -0.05) is 60.7 Å². The second-order valence-electron chi connectivity index (χ2n) is 9.66. The van der Waals surface area contributed by atoms with Crippen molar-refractivity contribution >= 4 is 28.0 Å². The maximum Gasteiger partial charge on any atom is 0.416 e. The summed E-state index contributed by atoms with van der Waals surface area (Å²) in [5.41, 5.74) is -11.2. The van der Waals surface area contributed by atoms with Crippen molar-refractivity contribution in [3.63, 3.8) is 0 Å². The summed E-state index contributed by atoms with van der Waals surface area (Å²) < 4.78 is 168. The number of hydrogen-bond donors (Lipinski definition) is 2. The van der Waals surface area contributed by atoms with Crippen molar-refractivity contribution in [2.75, 3.05) is 0 Å². The molecule has 0 bridgehead atoms. The summed E-state index contributed by atoms with van der Waals surface area (Å²) in [6, 6.07) is 8.18. The SMILES string of the molecule is Oc1ccccc1[B-](c1cc(C(F)(F)F)cc(C(F)(F)F)c1)(c1cc(C(F)(F)F)cc(C(F)(F)F)c1)c1ccccc1O. The van der Waals surface area contributed by atoms with Crippen LogP contribution in [0.3, 0.4) is 0 Å². The normalized spacial score (nSPS) is 13.3. The molecule has 0 saturated heterocycles. The Kier molecular flexibility index (Phi) is 7.69. The molecule has 43 heavy (non-hydrogen) atoms. The zero-order chi connectivity index (χ0) is 32.2. The first-order valence-corrected chi connectivity index (χ1v) is 12.0. The fourth-order valence-electron chi connectivity index (χ4n) is 5.24. The molecule has 4 aromatic carbocycles. The van der Waals surface area contributed by atoms with Gasteiger partial charge in [-0.2, -0.15) is 74.5 Å². The van der Waals surface area contributed by atoms with E-state index in [1.807, 2.05) is 0 Å². The van der Waals surface area contributed by atoms with Crippen molar-refractivity contribution in [3.05, 3.63) is 107 Å². The molecular formula is C28H16BF12O2-. The van der Waals surface area contributed by atoms with E-state index in [4.69, 9.17) is 0 Å². The summed E-state index contributed by atoms with van der Waals surface area (Å²) in [5, 5.41) is 21.8. The number of halogens is 12. The van der Waals surface area contributed by atoms with Gasteiger partial charge in [0.15, 0.2) is 0 Å². The molecule has 0 amide bonds. The predicted molar refractivity (Wildman–Crippen MR) is 133 cm³/mol. The number of rotatable bonds is 4. The van der Waals surface area contributed by atoms with Crippen molar-refractivity contribution in [2.45, 2.75) is 24.7 Å². The molecule has 15 heteroatoms. The highest BCUT2D eigenvalue weighted by molar-refractivity contribution is 7.20. The minimum Gasteiger partial charge on any atom is -0.511 e. The van der Waals surface area contributed by atoms with Crippen LogP contribution in [0, 0.1) is 0 Å². The molecule has 0 aromatic heterocycles. The fourth-order valence-corrected chi connectivity index (χ4v) is 5.24. The number of aromatic hydroxyl groups is 2. The van der Waals surface area contributed by atoms with Crippen LogP contribution in [0.15, 0.2) is 84.9 Å². The lowest BCUT2D eigenvalue weighted by Gasteiger charge is -2.45. The van der Waals surface area contributed by atoms with Gasteiger partial charge in [-0.15, -0.1) is 0 Å². The Labute approximate surface area is 234 Å². The molecule has 0 saturated carbocycles. The summed E-state index contributed by atoms with van der Waals surface area (Å²) in [6.07, 6.45) is -25.9. The van der Waals surface area contributed by atoms with E-state index in [2.05, 4.69) is 0 Å². The average Bonchev–Trinajstić information content (AvgIpc) is 2.89. The largest absolute Gasteiger partial charge is 0.511 e. The van der Waals surface area contributed by atoms with Crippen LogP contribution < -0.4 is 21.9 Å². The lowest BCUT2D eigenvalue weighted by atomic mass is 9.12. The van der Waals surface area contributed by atoms with Crippen LogP contribution in [0.5, 0.6) is 11.5 Å². The van der Waals surface area contributed by atoms with Gasteiger partial charge in [0.05, 0.1) is 33.8 Å². The monoisotopic (exact) mass is 623 g/mol. The third-order valence-electron chi connectivity index (χ3n) is 7.03. The van der Waals surface area contributed by atoms with E-state index in [9.17, 15) is 62.9 Å². The highest BCUT2D eigenvalue weighted by atomic mass is 19.4.